The summed E-state index contributed by atoms with van der Waals surface area (Å²) in [7, 11) is 2.41. The first-order valence-corrected chi connectivity index (χ1v) is 16.0. The average Bonchev–Trinajstić information content (AvgIpc) is 2.82. The Balaban J connectivity index is 2.07. The van der Waals surface area contributed by atoms with E-state index in [9.17, 15) is 9.18 Å². The van der Waals surface area contributed by atoms with Gasteiger partial charge in [0.25, 0.3) is 5.60 Å². The van der Waals surface area contributed by atoms with Gasteiger partial charge in [0.15, 0.2) is 0 Å². The Bertz CT molecular complexity index is 1110. The molecule has 3 rings (SSSR count). The van der Waals surface area contributed by atoms with Gasteiger partial charge < -0.3 is 14.2 Å². The molecular weight excluding hydrogens is 549 g/mol. The minimum absolute atomic E-state index is 0.191. The van der Waals surface area contributed by atoms with Crippen LogP contribution in [0.2, 0.25) is 0 Å². The molecule has 0 unspecified atom stereocenters. The maximum Gasteiger partial charge on any atom is 0.428 e. The Morgan fingerprint density at radius 3 is 2.21 bits per heavy atom. The van der Waals surface area contributed by atoms with E-state index >= 15 is 13.2 Å². The average molecular weight is 587 g/mol. The summed E-state index contributed by atoms with van der Waals surface area (Å²) in [5.41, 5.74) is -3.37. The van der Waals surface area contributed by atoms with Crippen molar-refractivity contribution in [2.75, 3.05) is 7.11 Å². The molecule has 2 aromatic rings. The fourth-order valence-corrected chi connectivity index (χ4v) is 6.47. The molecule has 2 aromatic carbocycles. The van der Waals surface area contributed by atoms with Gasteiger partial charge >= 0.3 is 12.1 Å². The van der Waals surface area contributed by atoms with Crippen LogP contribution in [0.15, 0.2) is 48.5 Å². The van der Waals surface area contributed by atoms with E-state index in [4.69, 9.17) is 14.2 Å². The Morgan fingerprint density at radius 1 is 1.00 bits per heavy atom. The van der Waals surface area contributed by atoms with Crippen LogP contribution in [-0.2, 0) is 19.7 Å². The molecule has 38 heavy (non-hydrogen) atoms. The lowest BCUT2D eigenvalue weighted by atomic mass is 9.74. The van der Waals surface area contributed by atoms with Crippen LogP contribution in [0.3, 0.4) is 0 Å². The Hall–Kier alpha value is -1.96. The van der Waals surface area contributed by atoms with Crippen molar-refractivity contribution in [1.29, 1.82) is 0 Å². The van der Waals surface area contributed by atoms with Gasteiger partial charge in [0.2, 0.25) is 0 Å². The SMILES string of the molecule is COc1ccc(F)cc1C(C)(C)C[C@](OC([SiH3])([SiH3])[SiH3])(C(=O)O[C@@H]1CCCC[C@H]1c1ccccc1)C(F)(F)F. The van der Waals surface area contributed by atoms with Gasteiger partial charge in [-0.25, -0.2) is 9.18 Å². The first-order valence-electron chi connectivity index (χ1n) is 13.0. The molecule has 0 spiro atoms. The molecule has 1 saturated carbocycles. The van der Waals surface area contributed by atoms with Gasteiger partial charge in [-0.15, -0.1) is 0 Å². The van der Waals surface area contributed by atoms with Crippen molar-refractivity contribution in [2.45, 2.75) is 79.6 Å². The Labute approximate surface area is 231 Å². The normalized spacial score (nSPS) is 22.0. The van der Waals surface area contributed by atoms with Crippen molar-refractivity contribution < 1.29 is 36.6 Å². The predicted octanol–water partition coefficient (Wildman–Crippen LogP) is 2.80. The fraction of sp³-hybridized carbons (Fsp3) is 0.519. The monoisotopic (exact) mass is 586 g/mol. The number of halogens is 4. The molecule has 1 fully saturated rings. The van der Waals surface area contributed by atoms with Gasteiger partial charge in [0.05, 0.1) is 7.11 Å². The number of hydrogen-bond acceptors (Lipinski definition) is 4. The molecule has 0 saturated heterocycles. The topological polar surface area (TPSA) is 44.8 Å². The van der Waals surface area contributed by atoms with E-state index in [0.717, 1.165) is 30.9 Å². The van der Waals surface area contributed by atoms with Crippen LogP contribution in [0.5, 0.6) is 5.75 Å². The van der Waals surface area contributed by atoms with Gasteiger partial charge in [0.1, 0.15) is 17.7 Å². The van der Waals surface area contributed by atoms with Crippen LogP contribution in [-0.4, -0.2) is 66.2 Å². The third kappa shape index (κ3) is 6.97. The molecule has 4 nitrogen and oxygen atoms in total. The van der Waals surface area contributed by atoms with Crippen molar-refractivity contribution >= 4 is 36.7 Å². The van der Waals surface area contributed by atoms with Gasteiger partial charge in [-0.05, 0) is 48.4 Å². The molecule has 0 radical (unpaired) electrons. The minimum atomic E-state index is -5.05. The molecule has 0 N–H and O–H groups in total. The predicted molar refractivity (Wildman–Crippen MR) is 151 cm³/mol. The molecule has 3 atom stereocenters. The highest BCUT2D eigenvalue weighted by molar-refractivity contribution is 6.58. The molecule has 1 aliphatic carbocycles. The number of hydrogen-bond donors (Lipinski definition) is 0. The summed E-state index contributed by atoms with van der Waals surface area (Å²) in [6.45, 7) is 3.09. The van der Waals surface area contributed by atoms with E-state index in [1.807, 2.05) is 30.3 Å². The van der Waals surface area contributed by atoms with E-state index in [0.29, 0.717) is 37.1 Å². The second-order valence-electron chi connectivity index (χ2n) is 11.7. The first-order chi connectivity index (χ1) is 17.6. The second-order valence-corrected chi connectivity index (χ2v) is 24.9. The molecule has 1 aliphatic rings. The highest BCUT2D eigenvalue weighted by atomic mass is 28.3. The number of ether oxygens (including phenoxy) is 3. The maximum absolute atomic E-state index is 15.2. The van der Waals surface area contributed by atoms with Crippen LogP contribution >= 0.6 is 0 Å². The fourth-order valence-electron chi connectivity index (χ4n) is 5.43. The third-order valence-corrected chi connectivity index (χ3v) is 7.65. The molecule has 0 bridgehead atoms. The summed E-state index contributed by atoms with van der Waals surface area (Å²) in [4.78, 5) is 13.8. The lowest BCUT2D eigenvalue weighted by Crippen LogP contribution is -2.62. The molecule has 0 amide bonds. The van der Waals surface area contributed by atoms with Crippen LogP contribution in [0.4, 0.5) is 17.6 Å². The van der Waals surface area contributed by atoms with E-state index < -0.39 is 46.0 Å². The van der Waals surface area contributed by atoms with Gasteiger partial charge in [-0.1, -0.05) is 50.6 Å². The van der Waals surface area contributed by atoms with E-state index in [2.05, 4.69) is 0 Å². The lowest BCUT2D eigenvalue weighted by Gasteiger charge is -2.44. The quantitative estimate of drug-likeness (QED) is 0.258. The molecule has 210 valence electrons. The van der Waals surface area contributed by atoms with Gasteiger partial charge in [0, 0.05) is 53.1 Å². The van der Waals surface area contributed by atoms with Crippen LogP contribution in [0, 0.1) is 5.82 Å². The number of methoxy groups -OCH3 is 1. The molecule has 11 heteroatoms. The number of carbonyl (C=O) groups is 1. The summed E-state index contributed by atoms with van der Waals surface area (Å²) in [5.74, 6) is -1.96. The van der Waals surface area contributed by atoms with Crippen LogP contribution in [0.25, 0.3) is 0 Å². The van der Waals surface area contributed by atoms with E-state index in [1.54, 1.807) is 13.8 Å². The van der Waals surface area contributed by atoms with Crippen molar-refractivity contribution in [3.05, 3.63) is 65.5 Å². The number of benzene rings is 2. The largest absolute Gasteiger partial charge is 0.496 e. The summed E-state index contributed by atoms with van der Waals surface area (Å²) >= 11 is 0. The Kier molecular flexibility index (Phi) is 9.37. The van der Waals surface area contributed by atoms with Crippen molar-refractivity contribution in [3.8, 4) is 5.75 Å². The zero-order valence-corrected chi connectivity index (χ0v) is 29.0. The summed E-state index contributed by atoms with van der Waals surface area (Å²) < 4.78 is 75.8. The van der Waals surface area contributed by atoms with Gasteiger partial charge in [-0.3, -0.25) is 0 Å². The standard InChI is InChI=1S/C27H38F4O4Si3/c1-24(2,20-15-18(28)13-14-22(20)33-3)16-25(26(29,30)31,35-27(36,37)38)23(32)34-21-12-8-7-11-19(21)17-9-5-4-6-10-17/h4-6,9-10,13-15,19,21H,7-8,11-12,16H2,1-3,36-38H3/t19-,21+,25-/m0/s1. The smallest absolute Gasteiger partial charge is 0.428 e. The molecular formula is C27H38F4O4Si3. The number of carbonyl (C=O) groups excluding carboxylic acids is 1. The molecule has 0 heterocycles. The van der Waals surface area contributed by atoms with E-state index in [1.165, 1.54) is 19.2 Å². The zero-order chi connectivity index (χ0) is 28.4. The van der Waals surface area contributed by atoms with E-state index in [-0.39, 0.29) is 17.2 Å². The number of esters is 1. The summed E-state index contributed by atoms with van der Waals surface area (Å²) in [6, 6.07) is 13.2. The lowest BCUT2D eigenvalue weighted by molar-refractivity contribution is -0.287. The molecule has 0 aromatic heterocycles. The highest BCUT2D eigenvalue weighted by Gasteiger charge is 2.66. The summed E-state index contributed by atoms with van der Waals surface area (Å²) in [6.07, 6.45) is -3.64. The summed E-state index contributed by atoms with van der Waals surface area (Å²) in [5, 5.41) is 0. The number of alkyl halides is 3. The maximum atomic E-state index is 15.2. The minimum Gasteiger partial charge on any atom is -0.496 e. The van der Waals surface area contributed by atoms with Gasteiger partial charge in [-0.2, -0.15) is 13.2 Å². The van der Waals surface area contributed by atoms with Crippen molar-refractivity contribution in [1.82, 2.24) is 0 Å². The van der Waals surface area contributed by atoms with Crippen LogP contribution < -0.4 is 4.74 Å². The second kappa shape index (κ2) is 11.6. The zero-order valence-electron chi connectivity index (χ0n) is 23.0. The molecule has 0 aliphatic heterocycles. The van der Waals surface area contributed by atoms with Crippen molar-refractivity contribution in [3.63, 3.8) is 0 Å². The first kappa shape index (κ1) is 30.6. The highest BCUT2D eigenvalue weighted by Crippen LogP contribution is 2.48. The Morgan fingerprint density at radius 2 is 1.63 bits per heavy atom. The van der Waals surface area contributed by atoms with Crippen molar-refractivity contribution in [2.24, 2.45) is 0 Å². The van der Waals surface area contributed by atoms with Crippen LogP contribution in [0.1, 0.15) is 63.0 Å². The number of rotatable bonds is 9. The third-order valence-electron chi connectivity index (χ3n) is 7.04.